The van der Waals surface area contributed by atoms with E-state index < -0.39 is 5.41 Å². The molecule has 1 unspecified atom stereocenters. The average molecular weight is 576 g/mol. The number of ether oxygens (including phenoxy) is 2. The Hall–Kier alpha value is -3.77. The number of aromatic nitrogens is 1. The number of aldehydes is 1. The molecule has 1 atom stereocenters. The van der Waals surface area contributed by atoms with E-state index in [1.807, 2.05) is 58.9 Å². The molecule has 2 aromatic rings. The Morgan fingerprint density at radius 2 is 1.83 bits per heavy atom. The number of rotatable bonds is 14. The van der Waals surface area contributed by atoms with Crippen LogP contribution in [0.15, 0.2) is 30.3 Å². The van der Waals surface area contributed by atoms with Gasteiger partial charge in [-0.2, -0.15) is 5.26 Å². The summed E-state index contributed by atoms with van der Waals surface area (Å²) in [6.07, 6.45) is 7.48. The molecule has 1 saturated carbocycles. The summed E-state index contributed by atoms with van der Waals surface area (Å²) in [6, 6.07) is 12.0. The Bertz CT molecular complexity index is 1260. The van der Waals surface area contributed by atoms with Crippen LogP contribution in [0.1, 0.15) is 101 Å². The van der Waals surface area contributed by atoms with Crippen molar-refractivity contribution in [1.82, 2.24) is 10.3 Å². The Kier molecular flexibility index (Phi) is 11.6. The Morgan fingerprint density at radius 1 is 1.14 bits per heavy atom. The van der Waals surface area contributed by atoms with E-state index in [2.05, 4.69) is 21.7 Å². The lowest BCUT2D eigenvalue weighted by Crippen LogP contribution is -2.32. The van der Waals surface area contributed by atoms with Crippen molar-refractivity contribution >= 4 is 24.4 Å². The summed E-state index contributed by atoms with van der Waals surface area (Å²) in [4.78, 5) is 27.5. The van der Waals surface area contributed by atoms with Crippen molar-refractivity contribution < 1.29 is 19.1 Å². The van der Waals surface area contributed by atoms with Crippen molar-refractivity contribution in [3.63, 3.8) is 0 Å². The normalized spacial score (nSPS) is 15.4. The second-order valence-corrected chi connectivity index (χ2v) is 12.2. The lowest BCUT2D eigenvalue weighted by Gasteiger charge is -2.29. The molecule has 1 heterocycles. The lowest BCUT2D eigenvalue weighted by atomic mass is 9.76. The molecular formula is C33H45N5O4. The third-order valence-electron chi connectivity index (χ3n) is 7.49. The van der Waals surface area contributed by atoms with Gasteiger partial charge in [0.25, 0.3) is 0 Å². The molecule has 9 heteroatoms. The number of pyridine rings is 1. The molecule has 1 aromatic carbocycles. The lowest BCUT2D eigenvalue weighted by molar-refractivity contribution is -0.109. The molecule has 42 heavy (non-hydrogen) atoms. The van der Waals surface area contributed by atoms with Gasteiger partial charge in [-0.15, -0.1) is 0 Å². The number of nitrogens with zero attached hydrogens (tertiary/aromatic N) is 2. The number of hydrogen-bond donors (Lipinski definition) is 3. The number of carbonyl (C=O) groups is 2. The number of carbonyl (C=O) groups excluding carboxylic acids is 2. The third-order valence-corrected chi connectivity index (χ3v) is 7.49. The maximum Gasteiger partial charge on any atom is 0.217 e. The molecule has 1 amide bonds. The quantitative estimate of drug-likeness (QED) is 0.106. The van der Waals surface area contributed by atoms with Crippen LogP contribution < -0.4 is 10.6 Å². The van der Waals surface area contributed by atoms with Crippen LogP contribution in [-0.2, 0) is 19.7 Å². The van der Waals surface area contributed by atoms with Crippen molar-refractivity contribution in [2.24, 2.45) is 0 Å². The van der Waals surface area contributed by atoms with Crippen molar-refractivity contribution in [3.8, 4) is 17.2 Å². The molecule has 1 aromatic heterocycles. The van der Waals surface area contributed by atoms with E-state index in [9.17, 15) is 14.9 Å². The number of hydrogen-bond acceptors (Lipinski definition) is 8. The van der Waals surface area contributed by atoms with E-state index in [0.29, 0.717) is 49.3 Å². The zero-order valence-electron chi connectivity index (χ0n) is 25.6. The molecule has 1 aliphatic carbocycles. The molecule has 226 valence electrons. The highest BCUT2D eigenvalue weighted by molar-refractivity contribution is 6.04. The van der Waals surface area contributed by atoms with Crippen molar-refractivity contribution in [2.45, 2.75) is 103 Å². The van der Waals surface area contributed by atoms with E-state index in [1.165, 1.54) is 6.42 Å². The second kappa shape index (κ2) is 14.9. The van der Waals surface area contributed by atoms with Gasteiger partial charge in [0, 0.05) is 24.8 Å². The number of nitrogens with one attached hydrogen (secondary N) is 3. The van der Waals surface area contributed by atoms with Crippen LogP contribution >= 0.6 is 0 Å². The summed E-state index contributed by atoms with van der Waals surface area (Å²) < 4.78 is 11.8. The summed E-state index contributed by atoms with van der Waals surface area (Å²) in [7, 11) is 0. The van der Waals surface area contributed by atoms with E-state index in [1.54, 1.807) is 6.07 Å². The van der Waals surface area contributed by atoms with Crippen LogP contribution in [0.2, 0.25) is 0 Å². The maximum absolute atomic E-state index is 12.0. The summed E-state index contributed by atoms with van der Waals surface area (Å²) in [5.74, 6) is 0.458. The molecule has 0 aliphatic heterocycles. The van der Waals surface area contributed by atoms with Crippen LogP contribution in [-0.4, -0.2) is 54.5 Å². The summed E-state index contributed by atoms with van der Waals surface area (Å²) in [6.45, 7) is 10.4. The first-order chi connectivity index (χ1) is 20.0. The zero-order valence-corrected chi connectivity index (χ0v) is 25.6. The van der Waals surface area contributed by atoms with Gasteiger partial charge in [0.05, 0.1) is 28.8 Å². The molecule has 3 N–H and O–H groups in total. The Balaban J connectivity index is 2.06. The average Bonchev–Trinajstić information content (AvgIpc) is 2.95. The molecule has 0 spiro atoms. The predicted octanol–water partition coefficient (Wildman–Crippen LogP) is 6.16. The van der Waals surface area contributed by atoms with Crippen LogP contribution in [0, 0.1) is 16.7 Å². The first-order valence-electron chi connectivity index (χ1n) is 14.9. The Labute approximate surface area is 249 Å². The Morgan fingerprint density at radius 3 is 2.40 bits per heavy atom. The third kappa shape index (κ3) is 8.86. The summed E-state index contributed by atoms with van der Waals surface area (Å²) in [5, 5.41) is 25.4. The van der Waals surface area contributed by atoms with Gasteiger partial charge >= 0.3 is 0 Å². The first-order valence-corrected chi connectivity index (χ1v) is 14.9. The molecule has 3 rings (SSSR count). The van der Waals surface area contributed by atoms with Crippen LogP contribution in [0.4, 0.5) is 5.82 Å². The van der Waals surface area contributed by atoms with Gasteiger partial charge in [0.1, 0.15) is 11.5 Å². The van der Waals surface area contributed by atoms with Gasteiger partial charge in [-0.25, -0.2) is 4.98 Å². The summed E-state index contributed by atoms with van der Waals surface area (Å²) in [5.41, 5.74) is 1.78. The number of anilines is 1. The van der Waals surface area contributed by atoms with Crippen molar-refractivity contribution in [3.05, 3.63) is 47.2 Å². The molecular weight excluding hydrogens is 530 g/mol. The van der Waals surface area contributed by atoms with Gasteiger partial charge in [-0.1, -0.05) is 43.5 Å². The topological polar surface area (TPSA) is 137 Å². The highest BCUT2D eigenvalue weighted by atomic mass is 16.5. The monoisotopic (exact) mass is 575 g/mol. The van der Waals surface area contributed by atoms with E-state index in [4.69, 9.17) is 14.9 Å². The minimum absolute atomic E-state index is 0.0158. The predicted molar refractivity (Wildman–Crippen MR) is 165 cm³/mol. The zero-order chi connectivity index (χ0) is 30.8. The fraction of sp³-hybridized carbons (Fsp3) is 0.545. The highest BCUT2D eigenvalue weighted by Crippen LogP contribution is 2.36. The largest absolute Gasteiger partial charge is 0.475 e. The van der Waals surface area contributed by atoms with Gasteiger partial charge < -0.3 is 20.1 Å². The van der Waals surface area contributed by atoms with Gasteiger partial charge in [-0.05, 0) is 77.5 Å². The number of amides is 1. The fourth-order valence-corrected chi connectivity index (χ4v) is 5.36. The fourth-order valence-electron chi connectivity index (χ4n) is 5.36. The molecule has 1 aliphatic rings. The minimum atomic E-state index is -0.879. The first kappa shape index (κ1) is 32.7. The molecule has 1 fully saturated rings. The van der Waals surface area contributed by atoms with Crippen LogP contribution in [0.25, 0.3) is 11.1 Å². The highest BCUT2D eigenvalue weighted by Gasteiger charge is 2.33. The van der Waals surface area contributed by atoms with E-state index in [-0.39, 0.29) is 29.3 Å². The van der Waals surface area contributed by atoms with Gasteiger partial charge in [0.15, 0.2) is 6.29 Å². The van der Waals surface area contributed by atoms with E-state index >= 15 is 0 Å². The minimum Gasteiger partial charge on any atom is -0.475 e. The van der Waals surface area contributed by atoms with E-state index in [0.717, 1.165) is 43.1 Å². The standard InChI is InChI=1S/C33H45N5O4/c1-23(2)42-30(35)29-28(19-27(20-39)38-31(29)37-26-9-7-6-8-10-26)24-11-13-25(14-12-24)33(21-34,15-17-36-22-40)16-18-41-32(3,4)5/h11-14,19-20,22-23,26,35H,6-10,15-18H2,1-5H3,(H,36,40)(H,37,38). The number of benzene rings is 1. The molecule has 0 saturated heterocycles. The van der Waals surface area contributed by atoms with Crippen molar-refractivity contribution in [2.75, 3.05) is 18.5 Å². The number of nitriles is 1. The molecule has 9 nitrogen and oxygen atoms in total. The molecule has 0 radical (unpaired) electrons. The smallest absolute Gasteiger partial charge is 0.217 e. The van der Waals surface area contributed by atoms with Crippen molar-refractivity contribution in [1.29, 1.82) is 10.7 Å². The van der Waals surface area contributed by atoms with Gasteiger partial charge in [-0.3, -0.25) is 15.0 Å². The molecule has 0 bridgehead atoms. The maximum atomic E-state index is 12.0. The van der Waals surface area contributed by atoms with Crippen LogP contribution in [0.5, 0.6) is 0 Å². The van der Waals surface area contributed by atoms with Crippen LogP contribution in [0.3, 0.4) is 0 Å². The SMILES string of the molecule is CC(C)OC(=N)c1c(-c2ccc(C(C#N)(CCNC=O)CCOC(C)(C)C)cc2)cc(C=O)nc1NC1CCCCC1. The van der Waals surface area contributed by atoms with Gasteiger partial charge in [0.2, 0.25) is 12.3 Å². The second-order valence-electron chi connectivity index (χ2n) is 12.2. The summed E-state index contributed by atoms with van der Waals surface area (Å²) >= 11 is 0.